The molecule has 1 unspecified atom stereocenters. The number of hydrogen-bond acceptors (Lipinski definition) is 5. The van der Waals surface area contributed by atoms with Crippen LogP contribution in [0.25, 0.3) is 0 Å². The molecule has 124 valence electrons. The van der Waals surface area contributed by atoms with E-state index in [0.717, 1.165) is 0 Å². The molecule has 7 heteroatoms. The van der Waals surface area contributed by atoms with Gasteiger partial charge in [-0.05, 0) is 27.2 Å². The van der Waals surface area contributed by atoms with Crippen LogP contribution in [0.2, 0.25) is 0 Å². The molecule has 7 nitrogen and oxygen atoms in total. The number of amides is 1. The first kappa shape index (κ1) is 19.7. The molecule has 0 heterocycles. The molecule has 0 saturated heterocycles. The number of methoxy groups -OCH3 is 1. The van der Waals surface area contributed by atoms with Gasteiger partial charge >= 0.3 is 12.1 Å². The number of hydrogen-bond donors (Lipinski definition) is 2. The predicted molar refractivity (Wildman–Crippen MR) is 79.4 cm³/mol. The Balaban J connectivity index is 4.42. The highest BCUT2D eigenvalue weighted by atomic mass is 16.6. The highest BCUT2D eigenvalue weighted by Gasteiger charge is 2.22. The van der Waals surface area contributed by atoms with Gasteiger partial charge in [-0.2, -0.15) is 0 Å². The van der Waals surface area contributed by atoms with Gasteiger partial charge in [-0.1, -0.05) is 6.92 Å². The summed E-state index contributed by atoms with van der Waals surface area (Å²) in [4.78, 5) is 24.5. The van der Waals surface area contributed by atoms with Crippen molar-refractivity contribution in [3.8, 4) is 0 Å². The van der Waals surface area contributed by atoms with Gasteiger partial charge in [0.2, 0.25) is 0 Å². The summed E-state index contributed by atoms with van der Waals surface area (Å²) in [6, 6.07) is -0.604. The van der Waals surface area contributed by atoms with Gasteiger partial charge in [0.1, 0.15) is 11.6 Å². The molecule has 0 aliphatic carbocycles. The summed E-state index contributed by atoms with van der Waals surface area (Å²) in [6.45, 7) is 8.74. The number of nitrogens with zero attached hydrogens (tertiary/aromatic N) is 1. The van der Waals surface area contributed by atoms with Crippen LogP contribution < -0.4 is 5.32 Å². The SMILES string of the molecule is CCC(NCCN(CCOC)C(=O)OC(C)(C)C)C(=O)O. The first-order valence-electron chi connectivity index (χ1n) is 7.14. The topological polar surface area (TPSA) is 88.1 Å². The van der Waals surface area contributed by atoms with Gasteiger partial charge in [0.25, 0.3) is 0 Å². The lowest BCUT2D eigenvalue weighted by Gasteiger charge is -2.27. The van der Waals surface area contributed by atoms with Gasteiger partial charge in [0, 0.05) is 26.7 Å². The van der Waals surface area contributed by atoms with E-state index in [-0.39, 0.29) is 0 Å². The summed E-state index contributed by atoms with van der Waals surface area (Å²) in [6.07, 6.45) is 0.0598. The third-order valence-corrected chi connectivity index (χ3v) is 2.70. The zero-order chi connectivity index (χ0) is 16.5. The van der Waals surface area contributed by atoms with E-state index >= 15 is 0 Å². The number of aliphatic carboxylic acids is 1. The van der Waals surface area contributed by atoms with Crippen molar-refractivity contribution in [1.29, 1.82) is 0 Å². The summed E-state index contributed by atoms with van der Waals surface area (Å²) < 4.78 is 10.3. The van der Waals surface area contributed by atoms with Crippen molar-refractivity contribution in [1.82, 2.24) is 10.2 Å². The van der Waals surface area contributed by atoms with Crippen LogP contribution in [0.15, 0.2) is 0 Å². The van der Waals surface area contributed by atoms with E-state index < -0.39 is 23.7 Å². The smallest absolute Gasteiger partial charge is 0.410 e. The van der Waals surface area contributed by atoms with Crippen LogP contribution in [-0.4, -0.2) is 67.1 Å². The first-order valence-corrected chi connectivity index (χ1v) is 7.14. The molecule has 0 aromatic rings. The normalized spacial score (nSPS) is 12.8. The maximum atomic E-state index is 12.0. The van der Waals surface area contributed by atoms with Crippen LogP contribution in [-0.2, 0) is 14.3 Å². The second kappa shape index (κ2) is 9.57. The second-order valence-corrected chi connectivity index (χ2v) is 5.71. The van der Waals surface area contributed by atoms with Crippen LogP contribution in [0.3, 0.4) is 0 Å². The monoisotopic (exact) mass is 304 g/mol. The van der Waals surface area contributed by atoms with Crippen molar-refractivity contribution in [3.63, 3.8) is 0 Å². The Kier molecular flexibility index (Phi) is 8.96. The van der Waals surface area contributed by atoms with Crippen molar-refractivity contribution < 1.29 is 24.2 Å². The fourth-order valence-corrected chi connectivity index (χ4v) is 1.60. The van der Waals surface area contributed by atoms with Crippen LogP contribution in [0.5, 0.6) is 0 Å². The summed E-state index contributed by atoms with van der Waals surface area (Å²) in [5, 5.41) is 11.9. The second-order valence-electron chi connectivity index (χ2n) is 5.71. The number of carbonyl (C=O) groups excluding carboxylic acids is 1. The summed E-state index contributed by atoms with van der Waals surface area (Å²) >= 11 is 0. The maximum absolute atomic E-state index is 12.0. The van der Waals surface area contributed by atoms with E-state index in [2.05, 4.69) is 5.32 Å². The lowest BCUT2D eigenvalue weighted by molar-refractivity contribution is -0.139. The molecular weight excluding hydrogens is 276 g/mol. The molecule has 1 amide bonds. The largest absolute Gasteiger partial charge is 0.480 e. The Morgan fingerprint density at radius 1 is 1.29 bits per heavy atom. The average Bonchev–Trinajstić information content (AvgIpc) is 2.35. The molecule has 0 aliphatic rings. The molecule has 0 aliphatic heterocycles. The van der Waals surface area contributed by atoms with E-state index in [4.69, 9.17) is 14.6 Å². The predicted octanol–water partition coefficient (Wildman–Crippen LogP) is 1.32. The molecule has 0 saturated carbocycles. The number of carboxylic acid groups (broad SMARTS) is 1. The van der Waals surface area contributed by atoms with E-state index in [1.165, 1.54) is 4.90 Å². The van der Waals surface area contributed by atoms with Gasteiger partial charge in [-0.25, -0.2) is 4.79 Å². The minimum atomic E-state index is -0.891. The van der Waals surface area contributed by atoms with E-state index in [1.807, 2.05) is 0 Å². The molecule has 0 fully saturated rings. The van der Waals surface area contributed by atoms with E-state index in [0.29, 0.717) is 32.7 Å². The van der Waals surface area contributed by atoms with Crippen LogP contribution >= 0.6 is 0 Å². The molecule has 0 rings (SSSR count). The zero-order valence-corrected chi connectivity index (χ0v) is 13.6. The van der Waals surface area contributed by atoms with Gasteiger partial charge < -0.3 is 24.8 Å². The van der Waals surface area contributed by atoms with Gasteiger partial charge in [-0.3, -0.25) is 4.79 Å². The van der Waals surface area contributed by atoms with Crippen LogP contribution in [0, 0.1) is 0 Å². The summed E-state index contributed by atoms with van der Waals surface area (Å²) in [7, 11) is 1.56. The highest BCUT2D eigenvalue weighted by Crippen LogP contribution is 2.09. The molecule has 1 atom stereocenters. The number of carbonyl (C=O) groups is 2. The molecule has 0 spiro atoms. The molecule has 0 bridgehead atoms. The Morgan fingerprint density at radius 3 is 2.33 bits per heavy atom. The standard InChI is InChI=1S/C14H28N2O5/c1-6-11(12(17)18)15-7-8-16(9-10-20-5)13(19)21-14(2,3)4/h11,15H,6-10H2,1-5H3,(H,17,18). The molecular formula is C14H28N2O5. The lowest BCUT2D eigenvalue weighted by atomic mass is 10.2. The Labute approximate surface area is 126 Å². The summed E-state index contributed by atoms with van der Waals surface area (Å²) in [5.74, 6) is -0.891. The fraction of sp³-hybridized carbons (Fsp3) is 0.857. The van der Waals surface area contributed by atoms with Gasteiger partial charge in [-0.15, -0.1) is 0 Å². The fourth-order valence-electron chi connectivity index (χ4n) is 1.60. The third kappa shape index (κ3) is 9.25. The van der Waals surface area contributed by atoms with Gasteiger partial charge in [0.05, 0.1) is 6.61 Å². The van der Waals surface area contributed by atoms with Crippen molar-refractivity contribution in [2.75, 3.05) is 33.4 Å². The van der Waals surface area contributed by atoms with Crippen molar-refractivity contribution in [3.05, 3.63) is 0 Å². The number of nitrogens with one attached hydrogen (secondary N) is 1. The average molecular weight is 304 g/mol. The summed E-state index contributed by atoms with van der Waals surface area (Å²) in [5.41, 5.74) is -0.567. The van der Waals surface area contributed by atoms with Crippen molar-refractivity contribution in [2.24, 2.45) is 0 Å². The molecule has 2 N–H and O–H groups in total. The minimum absolute atomic E-state index is 0.363. The zero-order valence-electron chi connectivity index (χ0n) is 13.6. The third-order valence-electron chi connectivity index (χ3n) is 2.70. The minimum Gasteiger partial charge on any atom is -0.480 e. The first-order chi connectivity index (χ1) is 9.71. The van der Waals surface area contributed by atoms with Crippen LogP contribution in [0.1, 0.15) is 34.1 Å². The Morgan fingerprint density at radius 2 is 1.90 bits per heavy atom. The quantitative estimate of drug-likeness (QED) is 0.668. The molecule has 0 radical (unpaired) electrons. The Bertz CT molecular complexity index is 328. The molecule has 0 aromatic carbocycles. The van der Waals surface area contributed by atoms with Crippen LogP contribution in [0.4, 0.5) is 4.79 Å². The van der Waals surface area contributed by atoms with Crippen molar-refractivity contribution >= 4 is 12.1 Å². The molecule has 0 aromatic heterocycles. The Hall–Kier alpha value is -1.34. The number of carboxylic acids is 1. The van der Waals surface area contributed by atoms with E-state index in [1.54, 1.807) is 34.8 Å². The highest BCUT2D eigenvalue weighted by molar-refractivity contribution is 5.73. The number of ether oxygens (including phenoxy) is 2. The van der Waals surface area contributed by atoms with Gasteiger partial charge in [0.15, 0.2) is 0 Å². The molecule has 21 heavy (non-hydrogen) atoms. The van der Waals surface area contributed by atoms with E-state index in [9.17, 15) is 9.59 Å². The lowest BCUT2D eigenvalue weighted by Crippen LogP contribution is -2.45. The number of rotatable bonds is 9. The van der Waals surface area contributed by atoms with Crippen molar-refractivity contribution in [2.45, 2.75) is 45.8 Å². The maximum Gasteiger partial charge on any atom is 0.410 e.